The largest absolute Gasteiger partial charge is 0.379 e. The van der Waals surface area contributed by atoms with Crippen molar-refractivity contribution in [1.82, 2.24) is 4.90 Å². The molecule has 0 rings (SSSR count). The molecule has 0 aromatic rings. The molecular formula is C13H20N4O2. The van der Waals surface area contributed by atoms with Gasteiger partial charge in [-0.3, -0.25) is 4.90 Å². The van der Waals surface area contributed by atoms with Crippen LogP contribution in [0.2, 0.25) is 0 Å². The van der Waals surface area contributed by atoms with Gasteiger partial charge in [0, 0.05) is 26.1 Å². The molecule has 0 saturated heterocycles. The number of ether oxygens (including phenoxy) is 2. The molecule has 0 spiro atoms. The zero-order valence-electron chi connectivity index (χ0n) is 11.2. The number of rotatable bonds is 12. The molecule has 6 nitrogen and oxygen atoms in total. The maximum Gasteiger partial charge on any atom is 0.0645 e. The van der Waals surface area contributed by atoms with Gasteiger partial charge < -0.3 is 9.47 Å². The van der Waals surface area contributed by atoms with Crippen LogP contribution in [0, 0.1) is 34.0 Å². The molecular weight excluding hydrogens is 244 g/mol. The van der Waals surface area contributed by atoms with E-state index in [1.54, 1.807) is 0 Å². The van der Waals surface area contributed by atoms with Crippen LogP contribution in [0.3, 0.4) is 0 Å². The van der Waals surface area contributed by atoms with E-state index in [4.69, 9.17) is 25.3 Å². The van der Waals surface area contributed by atoms with Gasteiger partial charge in [-0.05, 0) is 0 Å². The van der Waals surface area contributed by atoms with Crippen LogP contribution in [0.4, 0.5) is 0 Å². The van der Waals surface area contributed by atoms with Crippen molar-refractivity contribution in [3.8, 4) is 18.2 Å². The summed E-state index contributed by atoms with van der Waals surface area (Å²) in [7, 11) is 0. The van der Waals surface area contributed by atoms with Gasteiger partial charge in [-0.15, -0.1) is 0 Å². The maximum absolute atomic E-state index is 8.59. The highest BCUT2D eigenvalue weighted by Gasteiger charge is 2.04. The fraction of sp³-hybridized carbons (Fsp3) is 0.769. The third-order valence-electron chi connectivity index (χ3n) is 2.36. The van der Waals surface area contributed by atoms with E-state index in [0.717, 1.165) is 0 Å². The van der Waals surface area contributed by atoms with Crippen molar-refractivity contribution in [2.45, 2.75) is 19.3 Å². The molecule has 0 fully saturated rings. The predicted octanol–water partition coefficient (Wildman–Crippen LogP) is 1.06. The first-order valence-electron chi connectivity index (χ1n) is 6.33. The van der Waals surface area contributed by atoms with E-state index >= 15 is 0 Å². The summed E-state index contributed by atoms with van der Waals surface area (Å²) in [5, 5.41) is 25.3. The third kappa shape index (κ3) is 12.6. The molecule has 0 unspecified atom stereocenters. The topological polar surface area (TPSA) is 93.1 Å². The standard InChI is InChI=1S/C13H20N4O2/c14-4-1-7-17(8-12-18-10-2-5-15)9-13-19-11-3-6-16/h1-3,7-13H2. The summed E-state index contributed by atoms with van der Waals surface area (Å²) in [5.74, 6) is 0. The van der Waals surface area contributed by atoms with E-state index in [1.807, 2.05) is 12.1 Å². The monoisotopic (exact) mass is 264 g/mol. The molecule has 19 heavy (non-hydrogen) atoms. The maximum atomic E-state index is 8.59. The SMILES string of the molecule is N#CCCOCCN(CCC#N)CCOCCC#N. The van der Waals surface area contributed by atoms with Gasteiger partial charge in [0.15, 0.2) is 0 Å². The molecule has 0 aliphatic carbocycles. The minimum absolute atomic E-state index is 0.398. The lowest BCUT2D eigenvalue weighted by Gasteiger charge is -2.20. The van der Waals surface area contributed by atoms with Gasteiger partial charge >= 0.3 is 0 Å². The molecule has 0 aromatic heterocycles. The molecule has 0 N–H and O–H groups in total. The van der Waals surface area contributed by atoms with E-state index in [9.17, 15) is 0 Å². The Morgan fingerprint density at radius 2 is 1.11 bits per heavy atom. The van der Waals surface area contributed by atoms with Gasteiger partial charge in [0.2, 0.25) is 0 Å². The second-order valence-electron chi connectivity index (χ2n) is 3.79. The molecule has 0 atom stereocenters. The molecule has 0 bridgehead atoms. The predicted molar refractivity (Wildman–Crippen MR) is 68.8 cm³/mol. The van der Waals surface area contributed by atoms with Crippen molar-refractivity contribution < 1.29 is 9.47 Å². The Labute approximate surface area is 114 Å². The molecule has 6 heteroatoms. The normalized spacial score (nSPS) is 9.79. The van der Waals surface area contributed by atoms with Crippen LogP contribution in [-0.4, -0.2) is 51.0 Å². The van der Waals surface area contributed by atoms with Gasteiger partial charge in [-0.2, -0.15) is 15.8 Å². The lowest BCUT2D eigenvalue weighted by Crippen LogP contribution is -2.32. The van der Waals surface area contributed by atoms with E-state index in [1.165, 1.54) is 0 Å². The lowest BCUT2D eigenvalue weighted by atomic mass is 10.4. The summed E-state index contributed by atoms with van der Waals surface area (Å²) in [6.07, 6.45) is 1.27. The average Bonchev–Trinajstić information content (AvgIpc) is 2.43. The van der Waals surface area contributed by atoms with Crippen LogP contribution in [0.15, 0.2) is 0 Å². The highest BCUT2D eigenvalue weighted by atomic mass is 16.5. The van der Waals surface area contributed by atoms with Crippen LogP contribution in [-0.2, 0) is 9.47 Å². The van der Waals surface area contributed by atoms with Crippen molar-refractivity contribution in [2.75, 3.05) is 46.1 Å². The van der Waals surface area contributed by atoms with Crippen molar-refractivity contribution in [1.29, 1.82) is 15.8 Å². The fourth-order valence-corrected chi connectivity index (χ4v) is 1.37. The van der Waals surface area contributed by atoms with E-state index < -0.39 is 0 Å². The molecule has 0 radical (unpaired) electrons. The molecule has 0 aromatic carbocycles. The number of hydrogen-bond acceptors (Lipinski definition) is 6. The zero-order chi connectivity index (χ0) is 14.2. The summed E-state index contributed by atoms with van der Waals surface area (Å²) in [5.41, 5.74) is 0. The summed E-state index contributed by atoms with van der Waals surface area (Å²) < 4.78 is 10.6. The quantitative estimate of drug-likeness (QED) is 0.489. The smallest absolute Gasteiger partial charge is 0.0645 e. The van der Waals surface area contributed by atoms with Crippen molar-refractivity contribution >= 4 is 0 Å². The summed E-state index contributed by atoms with van der Waals surface area (Å²) in [4.78, 5) is 2.09. The van der Waals surface area contributed by atoms with Gasteiger partial charge in [0.1, 0.15) is 0 Å². The summed E-state index contributed by atoms with van der Waals surface area (Å²) >= 11 is 0. The van der Waals surface area contributed by atoms with Crippen LogP contribution in [0.25, 0.3) is 0 Å². The number of hydrogen-bond donors (Lipinski definition) is 0. The first-order valence-corrected chi connectivity index (χ1v) is 6.33. The third-order valence-corrected chi connectivity index (χ3v) is 2.36. The van der Waals surface area contributed by atoms with E-state index in [2.05, 4.69) is 11.0 Å². The Kier molecular flexibility index (Phi) is 13.2. The number of nitrogens with zero attached hydrogens (tertiary/aromatic N) is 4. The van der Waals surface area contributed by atoms with E-state index in [0.29, 0.717) is 65.3 Å². The summed E-state index contributed by atoms with van der Waals surface area (Å²) in [6.45, 7) is 4.10. The van der Waals surface area contributed by atoms with Crippen LogP contribution < -0.4 is 0 Å². The molecule has 0 aliphatic rings. The average molecular weight is 264 g/mol. The Morgan fingerprint density at radius 3 is 1.53 bits per heavy atom. The van der Waals surface area contributed by atoms with Crippen LogP contribution >= 0.6 is 0 Å². The molecule has 0 aliphatic heterocycles. The Balaban J connectivity index is 3.67. The first-order chi connectivity index (χ1) is 9.35. The first kappa shape index (κ1) is 17.4. The zero-order valence-corrected chi connectivity index (χ0v) is 11.2. The Bertz CT molecular complexity index is 303. The van der Waals surface area contributed by atoms with Gasteiger partial charge in [0.05, 0.1) is 57.5 Å². The van der Waals surface area contributed by atoms with Crippen molar-refractivity contribution in [3.05, 3.63) is 0 Å². The van der Waals surface area contributed by atoms with E-state index in [-0.39, 0.29) is 0 Å². The van der Waals surface area contributed by atoms with Crippen LogP contribution in [0.1, 0.15) is 19.3 Å². The number of nitriles is 3. The minimum Gasteiger partial charge on any atom is -0.379 e. The van der Waals surface area contributed by atoms with Crippen molar-refractivity contribution in [2.24, 2.45) is 0 Å². The van der Waals surface area contributed by atoms with Gasteiger partial charge in [-0.25, -0.2) is 0 Å². The fourth-order valence-electron chi connectivity index (χ4n) is 1.37. The Hall–Kier alpha value is -1.65. The second-order valence-corrected chi connectivity index (χ2v) is 3.79. The molecule has 0 saturated carbocycles. The van der Waals surface area contributed by atoms with Gasteiger partial charge in [-0.1, -0.05) is 0 Å². The minimum atomic E-state index is 0.398. The summed E-state index contributed by atoms with van der Waals surface area (Å²) in [6, 6.07) is 6.14. The molecule has 104 valence electrons. The highest BCUT2D eigenvalue weighted by molar-refractivity contribution is 4.73. The molecule has 0 heterocycles. The van der Waals surface area contributed by atoms with Crippen molar-refractivity contribution in [3.63, 3.8) is 0 Å². The lowest BCUT2D eigenvalue weighted by molar-refractivity contribution is 0.0788. The highest BCUT2D eigenvalue weighted by Crippen LogP contribution is 1.93. The van der Waals surface area contributed by atoms with Crippen LogP contribution in [0.5, 0.6) is 0 Å². The molecule has 0 amide bonds. The second kappa shape index (κ2) is 14.4. The van der Waals surface area contributed by atoms with Gasteiger partial charge in [0.25, 0.3) is 0 Å². The Morgan fingerprint density at radius 1 is 0.632 bits per heavy atom.